The van der Waals surface area contributed by atoms with Crippen molar-refractivity contribution in [3.8, 4) is 5.75 Å². The lowest BCUT2D eigenvalue weighted by atomic mass is 10.1. The second-order valence-electron chi connectivity index (χ2n) is 5.08. The van der Waals surface area contributed by atoms with Crippen molar-refractivity contribution in [3.63, 3.8) is 0 Å². The molecule has 0 fully saturated rings. The number of ether oxygens (including phenoxy) is 1. The molecule has 0 saturated carbocycles. The number of rotatable bonds is 6. The van der Waals surface area contributed by atoms with E-state index in [0.717, 1.165) is 22.4 Å². The molecule has 0 unspecified atom stereocenters. The van der Waals surface area contributed by atoms with E-state index in [1.165, 1.54) is 4.90 Å². The predicted molar refractivity (Wildman–Crippen MR) is 95.4 cm³/mol. The van der Waals surface area contributed by atoms with Gasteiger partial charge in [-0.3, -0.25) is 4.79 Å². The van der Waals surface area contributed by atoms with Gasteiger partial charge < -0.3 is 4.74 Å². The molecule has 0 aromatic heterocycles. The van der Waals surface area contributed by atoms with Gasteiger partial charge in [-0.05, 0) is 48.9 Å². The van der Waals surface area contributed by atoms with E-state index >= 15 is 0 Å². The highest BCUT2D eigenvalue weighted by Crippen LogP contribution is 2.21. The summed E-state index contributed by atoms with van der Waals surface area (Å²) in [6.45, 7) is 3.85. The molecule has 0 radical (unpaired) electrons. The molecule has 0 spiro atoms. The van der Waals surface area contributed by atoms with Crippen LogP contribution in [0.15, 0.2) is 52.5 Å². The van der Waals surface area contributed by atoms with Crippen LogP contribution >= 0.6 is 11.8 Å². The maximum atomic E-state index is 11.8. The van der Waals surface area contributed by atoms with E-state index in [4.69, 9.17) is 4.74 Å². The van der Waals surface area contributed by atoms with Crippen LogP contribution in [0.5, 0.6) is 5.75 Å². The molecule has 5 heteroatoms. The van der Waals surface area contributed by atoms with Gasteiger partial charge in [-0.1, -0.05) is 30.3 Å². The summed E-state index contributed by atoms with van der Waals surface area (Å²) in [5.74, 6) is 0.462. The third kappa shape index (κ3) is 5.14. The predicted octanol–water partition coefficient (Wildman–Crippen LogP) is 3.55. The molecule has 0 aliphatic carbocycles. The van der Waals surface area contributed by atoms with Crippen LogP contribution in [0.4, 0.5) is 0 Å². The highest BCUT2D eigenvalue weighted by Gasteiger charge is 2.06. The third-order valence-electron chi connectivity index (χ3n) is 3.28. The molecule has 2 rings (SSSR count). The van der Waals surface area contributed by atoms with Crippen molar-refractivity contribution in [2.24, 2.45) is 5.10 Å². The minimum absolute atomic E-state index is 0.0611. The van der Waals surface area contributed by atoms with Gasteiger partial charge in [-0.25, -0.2) is 5.43 Å². The number of para-hydroxylation sites is 1. The van der Waals surface area contributed by atoms with Crippen molar-refractivity contribution in [2.45, 2.75) is 18.7 Å². The van der Waals surface area contributed by atoms with Gasteiger partial charge in [0.05, 0.1) is 6.21 Å². The molecule has 1 amide bonds. The Morgan fingerprint density at radius 3 is 2.43 bits per heavy atom. The minimum atomic E-state index is -0.287. The SMILES string of the molecule is CSc1ccc(C=NNC(=O)COc2c(C)cccc2C)cc1. The van der Waals surface area contributed by atoms with Crippen molar-refractivity contribution in [1.29, 1.82) is 0 Å². The Bertz CT molecular complexity index is 676. The fourth-order valence-corrected chi connectivity index (χ4v) is 2.47. The molecule has 0 atom stereocenters. The lowest BCUT2D eigenvalue weighted by molar-refractivity contribution is -0.123. The summed E-state index contributed by atoms with van der Waals surface area (Å²) in [4.78, 5) is 13.0. The van der Waals surface area contributed by atoms with E-state index in [1.54, 1.807) is 18.0 Å². The van der Waals surface area contributed by atoms with Crippen LogP contribution in [-0.4, -0.2) is 25.0 Å². The van der Waals surface area contributed by atoms with Gasteiger partial charge in [-0.2, -0.15) is 5.10 Å². The summed E-state index contributed by atoms with van der Waals surface area (Å²) in [6.07, 6.45) is 3.64. The molecule has 0 heterocycles. The topological polar surface area (TPSA) is 50.7 Å². The van der Waals surface area contributed by atoms with Gasteiger partial charge >= 0.3 is 0 Å². The Kier molecular flexibility index (Phi) is 6.23. The number of aryl methyl sites for hydroxylation is 2. The summed E-state index contributed by atoms with van der Waals surface area (Å²) in [7, 11) is 0. The monoisotopic (exact) mass is 328 g/mol. The van der Waals surface area contributed by atoms with Gasteiger partial charge in [-0.15, -0.1) is 11.8 Å². The maximum absolute atomic E-state index is 11.8. The Hall–Kier alpha value is -2.27. The van der Waals surface area contributed by atoms with Gasteiger partial charge in [0.2, 0.25) is 0 Å². The zero-order valence-electron chi connectivity index (χ0n) is 13.5. The van der Waals surface area contributed by atoms with Crippen LogP contribution in [0.2, 0.25) is 0 Å². The first kappa shape index (κ1) is 17.1. The molecule has 4 nitrogen and oxygen atoms in total. The zero-order valence-corrected chi connectivity index (χ0v) is 14.3. The number of hydrogen-bond acceptors (Lipinski definition) is 4. The fourth-order valence-electron chi connectivity index (χ4n) is 2.07. The number of carbonyl (C=O) groups is 1. The molecular formula is C18H20N2O2S. The van der Waals surface area contributed by atoms with E-state index in [9.17, 15) is 4.79 Å². The summed E-state index contributed by atoms with van der Waals surface area (Å²) in [5.41, 5.74) is 5.42. The van der Waals surface area contributed by atoms with Crippen LogP contribution in [0.25, 0.3) is 0 Å². The Labute approximate surface area is 140 Å². The van der Waals surface area contributed by atoms with Gasteiger partial charge in [0, 0.05) is 4.90 Å². The van der Waals surface area contributed by atoms with Crippen molar-refractivity contribution < 1.29 is 9.53 Å². The van der Waals surface area contributed by atoms with Crippen molar-refractivity contribution in [1.82, 2.24) is 5.43 Å². The van der Waals surface area contributed by atoms with Crippen LogP contribution in [-0.2, 0) is 4.79 Å². The van der Waals surface area contributed by atoms with Gasteiger partial charge in [0.25, 0.3) is 5.91 Å². The Morgan fingerprint density at radius 1 is 1.17 bits per heavy atom. The number of benzene rings is 2. The molecule has 120 valence electrons. The molecule has 2 aromatic carbocycles. The van der Waals surface area contributed by atoms with Crippen LogP contribution in [0.1, 0.15) is 16.7 Å². The molecular weight excluding hydrogens is 308 g/mol. The third-order valence-corrected chi connectivity index (χ3v) is 4.02. The first-order chi connectivity index (χ1) is 11.1. The smallest absolute Gasteiger partial charge is 0.277 e. The standard InChI is InChI=1S/C18H20N2O2S/c1-13-5-4-6-14(2)18(13)22-12-17(21)20-19-11-15-7-9-16(23-3)10-8-15/h4-11H,12H2,1-3H3,(H,20,21). The summed E-state index contributed by atoms with van der Waals surface area (Å²) < 4.78 is 5.57. The molecule has 0 aliphatic rings. The first-order valence-corrected chi connectivity index (χ1v) is 8.47. The number of carbonyl (C=O) groups excluding carboxylic acids is 1. The zero-order chi connectivity index (χ0) is 16.7. The van der Waals surface area contributed by atoms with E-state index in [1.807, 2.05) is 62.6 Å². The lowest BCUT2D eigenvalue weighted by Crippen LogP contribution is -2.25. The molecule has 1 N–H and O–H groups in total. The molecule has 0 bridgehead atoms. The van der Waals surface area contributed by atoms with Crippen LogP contribution in [0, 0.1) is 13.8 Å². The quantitative estimate of drug-likeness (QED) is 0.501. The van der Waals surface area contributed by atoms with E-state index in [2.05, 4.69) is 10.5 Å². The largest absolute Gasteiger partial charge is 0.483 e. The molecule has 0 aliphatic heterocycles. The highest BCUT2D eigenvalue weighted by molar-refractivity contribution is 7.98. The second kappa shape index (κ2) is 8.39. The maximum Gasteiger partial charge on any atom is 0.277 e. The lowest BCUT2D eigenvalue weighted by Gasteiger charge is -2.10. The summed E-state index contributed by atoms with van der Waals surface area (Å²) in [6, 6.07) is 13.8. The first-order valence-electron chi connectivity index (χ1n) is 7.25. The number of hydrazone groups is 1. The van der Waals surface area contributed by atoms with Crippen LogP contribution < -0.4 is 10.2 Å². The molecule has 2 aromatic rings. The Balaban J connectivity index is 1.84. The highest BCUT2D eigenvalue weighted by atomic mass is 32.2. The number of thioether (sulfide) groups is 1. The van der Waals surface area contributed by atoms with E-state index in [0.29, 0.717) is 0 Å². The van der Waals surface area contributed by atoms with Gasteiger partial charge in [0.15, 0.2) is 6.61 Å². The Morgan fingerprint density at radius 2 is 1.83 bits per heavy atom. The summed E-state index contributed by atoms with van der Waals surface area (Å²) >= 11 is 1.68. The van der Waals surface area contributed by atoms with Crippen molar-refractivity contribution >= 4 is 23.9 Å². The second-order valence-corrected chi connectivity index (χ2v) is 5.96. The normalized spacial score (nSPS) is 10.7. The van der Waals surface area contributed by atoms with E-state index < -0.39 is 0 Å². The van der Waals surface area contributed by atoms with Crippen molar-refractivity contribution in [3.05, 3.63) is 59.2 Å². The average molecular weight is 328 g/mol. The molecule has 23 heavy (non-hydrogen) atoms. The number of hydrogen-bond donors (Lipinski definition) is 1. The fraction of sp³-hybridized carbons (Fsp3) is 0.222. The molecule has 0 saturated heterocycles. The number of nitrogens with zero attached hydrogens (tertiary/aromatic N) is 1. The van der Waals surface area contributed by atoms with Crippen molar-refractivity contribution in [2.75, 3.05) is 12.9 Å². The van der Waals surface area contributed by atoms with E-state index in [-0.39, 0.29) is 12.5 Å². The number of amides is 1. The average Bonchev–Trinajstić information content (AvgIpc) is 2.55. The minimum Gasteiger partial charge on any atom is -0.483 e. The van der Waals surface area contributed by atoms with Gasteiger partial charge in [0.1, 0.15) is 5.75 Å². The van der Waals surface area contributed by atoms with Crippen LogP contribution in [0.3, 0.4) is 0 Å². The summed E-state index contributed by atoms with van der Waals surface area (Å²) in [5, 5.41) is 3.94. The number of nitrogens with one attached hydrogen (secondary N) is 1.